The number of nitriles is 1. The van der Waals surface area contributed by atoms with E-state index in [4.69, 9.17) is 32.7 Å². The molecule has 0 spiro atoms. The molecule has 3 aromatic rings. The van der Waals surface area contributed by atoms with Crippen LogP contribution in [0.4, 0.5) is 5.69 Å². The van der Waals surface area contributed by atoms with Gasteiger partial charge < -0.3 is 19.3 Å². The summed E-state index contributed by atoms with van der Waals surface area (Å²) in [4.78, 5) is 17.2. The Hall–Kier alpha value is -3.18. The molecular weight excluding hydrogens is 589 g/mol. The highest BCUT2D eigenvalue weighted by Crippen LogP contribution is 2.36. The fourth-order valence-electron chi connectivity index (χ4n) is 4.11. The Morgan fingerprint density at radius 3 is 2.37 bits per heavy atom. The molecule has 38 heavy (non-hydrogen) atoms. The minimum atomic E-state index is -0.287. The number of rotatable bonds is 8. The Morgan fingerprint density at radius 1 is 1.00 bits per heavy atom. The Labute approximate surface area is 241 Å². The SMILES string of the molecule is CCOc1cc(/C=C(/C#N)C(=O)N2CCN(c3ccccc3)CC2)c(Br)cc1OCc1ccc(Cl)c(Cl)c1. The Kier molecular flexibility index (Phi) is 9.57. The van der Waals surface area contributed by atoms with E-state index in [-0.39, 0.29) is 18.1 Å². The maximum atomic E-state index is 13.2. The van der Waals surface area contributed by atoms with Gasteiger partial charge in [-0.1, -0.05) is 63.4 Å². The van der Waals surface area contributed by atoms with Crippen LogP contribution >= 0.6 is 39.1 Å². The normalized spacial score (nSPS) is 13.7. The summed E-state index contributed by atoms with van der Waals surface area (Å²) in [6.45, 7) is 5.05. The number of hydrogen-bond donors (Lipinski definition) is 0. The van der Waals surface area contributed by atoms with E-state index < -0.39 is 0 Å². The molecule has 0 unspecified atom stereocenters. The van der Waals surface area contributed by atoms with Crippen LogP contribution in [0.2, 0.25) is 10.0 Å². The monoisotopic (exact) mass is 613 g/mol. The lowest BCUT2D eigenvalue weighted by Crippen LogP contribution is -2.49. The molecule has 1 fully saturated rings. The average molecular weight is 615 g/mol. The minimum absolute atomic E-state index is 0.0609. The van der Waals surface area contributed by atoms with Crippen LogP contribution in [0.1, 0.15) is 18.1 Å². The summed E-state index contributed by atoms with van der Waals surface area (Å²) in [5, 5.41) is 10.8. The second kappa shape index (κ2) is 13.1. The van der Waals surface area contributed by atoms with E-state index >= 15 is 0 Å². The van der Waals surface area contributed by atoms with Crippen LogP contribution in [0.5, 0.6) is 11.5 Å². The highest BCUT2D eigenvalue weighted by molar-refractivity contribution is 9.10. The van der Waals surface area contributed by atoms with Crippen molar-refractivity contribution in [2.24, 2.45) is 0 Å². The molecule has 0 saturated carbocycles. The van der Waals surface area contributed by atoms with Crippen LogP contribution in [0.3, 0.4) is 0 Å². The van der Waals surface area contributed by atoms with E-state index in [1.807, 2.05) is 31.2 Å². The van der Waals surface area contributed by atoms with Gasteiger partial charge in [-0.2, -0.15) is 5.26 Å². The van der Waals surface area contributed by atoms with Gasteiger partial charge in [0, 0.05) is 36.3 Å². The molecule has 1 amide bonds. The van der Waals surface area contributed by atoms with Crippen molar-refractivity contribution in [3.8, 4) is 17.6 Å². The number of hydrogen-bond acceptors (Lipinski definition) is 5. The van der Waals surface area contributed by atoms with E-state index in [0.717, 1.165) is 11.3 Å². The van der Waals surface area contributed by atoms with E-state index in [0.29, 0.717) is 64.4 Å². The van der Waals surface area contributed by atoms with Crippen LogP contribution in [0.15, 0.2) is 70.7 Å². The number of carbonyl (C=O) groups is 1. The predicted octanol–water partition coefficient (Wildman–Crippen LogP) is 6.99. The third-order valence-corrected chi connectivity index (χ3v) is 7.51. The summed E-state index contributed by atoms with van der Waals surface area (Å²) in [5.74, 6) is 0.733. The van der Waals surface area contributed by atoms with Gasteiger partial charge >= 0.3 is 0 Å². The van der Waals surface area contributed by atoms with Gasteiger partial charge in [-0.3, -0.25) is 4.79 Å². The summed E-state index contributed by atoms with van der Waals surface area (Å²) in [6, 6.07) is 21.0. The fraction of sp³-hybridized carbons (Fsp3) is 0.241. The number of ether oxygens (including phenoxy) is 2. The second-order valence-electron chi connectivity index (χ2n) is 8.58. The summed E-state index contributed by atoms with van der Waals surface area (Å²) < 4.78 is 12.5. The Bertz CT molecular complexity index is 1370. The smallest absolute Gasteiger partial charge is 0.264 e. The lowest BCUT2D eigenvalue weighted by molar-refractivity contribution is -0.126. The van der Waals surface area contributed by atoms with Crippen molar-refractivity contribution in [3.05, 3.63) is 91.9 Å². The molecule has 1 aliphatic rings. The Balaban J connectivity index is 1.49. The second-order valence-corrected chi connectivity index (χ2v) is 10.2. The molecule has 0 N–H and O–H groups in total. The molecule has 0 aliphatic carbocycles. The summed E-state index contributed by atoms with van der Waals surface area (Å²) in [5.41, 5.74) is 2.69. The van der Waals surface area contributed by atoms with Crippen LogP contribution in [0.25, 0.3) is 6.08 Å². The van der Waals surface area contributed by atoms with Crippen molar-refractivity contribution in [1.82, 2.24) is 4.90 Å². The van der Waals surface area contributed by atoms with Gasteiger partial charge in [-0.05, 0) is 60.5 Å². The third kappa shape index (κ3) is 6.82. The number of amides is 1. The molecule has 1 aliphatic heterocycles. The first-order valence-corrected chi connectivity index (χ1v) is 13.7. The van der Waals surface area contributed by atoms with E-state index in [1.54, 1.807) is 35.2 Å². The highest BCUT2D eigenvalue weighted by atomic mass is 79.9. The Morgan fingerprint density at radius 2 is 1.71 bits per heavy atom. The van der Waals surface area contributed by atoms with Crippen LogP contribution in [-0.4, -0.2) is 43.6 Å². The number of halogens is 3. The summed E-state index contributed by atoms with van der Waals surface area (Å²) in [7, 11) is 0. The van der Waals surface area contributed by atoms with Crippen molar-refractivity contribution in [2.45, 2.75) is 13.5 Å². The zero-order valence-electron chi connectivity index (χ0n) is 20.8. The van der Waals surface area contributed by atoms with Gasteiger partial charge in [-0.15, -0.1) is 0 Å². The van der Waals surface area contributed by atoms with Crippen LogP contribution in [-0.2, 0) is 11.4 Å². The van der Waals surface area contributed by atoms with Crippen molar-refractivity contribution in [2.75, 3.05) is 37.7 Å². The average Bonchev–Trinajstić information content (AvgIpc) is 2.94. The van der Waals surface area contributed by atoms with E-state index in [2.05, 4.69) is 39.0 Å². The number of para-hydroxylation sites is 1. The topological polar surface area (TPSA) is 65.8 Å². The number of nitrogens with zero attached hydrogens (tertiary/aromatic N) is 3. The summed E-state index contributed by atoms with van der Waals surface area (Å²) in [6.07, 6.45) is 1.58. The van der Waals surface area contributed by atoms with Gasteiger partial charge in [0.2, 0.25) is 0 Å². The number of anilines is 1. The zero-order valence-corrected chi connectivity index (χ0v) is 23.9. The molecule has 196 valence electrons. The molecule has 0 radical (unpaired) electrons. The number of benzene rings is 3. The van der Waals surface area contributed by atoms with E-state index in [9.17, 15) is 10.1 Å². The van der Waals surface area contributed by atoms with Crippen molar-refractivity contribution >= 4 is 56.8 Å². The quantitative estimate of drug-likeness (QED) is 0.202. The fourth-order valence-corrected chi connectivity index (χ4v) is 4.86. The lowest BCUT2D eigenvalue weighted by Gasteiger charge is -2.36. The van der Waals surface area contributed by atoms with Gasteiger partial charge in [0.05, 0.1) is 16.7 Å². The van der Waals surface area contributed by atoms with Gasteiger partial charge in [0.1, 0.15) is 18.2 Å². The number of carbonyl (C=O) groups excluding carboxylic acids is 1. The molecule has 0 aromatic heterocycles. The molecule has 4 rings (SSSR count). The maximum Gasteiger partial charge on any atom is 0.264 e. The maximum absolute atomic E-state index is 13.2. The predicted molar refractivity (Wildman–Crippen MR) is 155 cm³/mol. The van der Waals surface area contributed by atoms with Crippen LogP contribution in [0, 0.1) is 11.3 Å². The van der Waals surface area contributed by atoms with Gasteiger partial charge in [-0.25, -0.2) is 0 Å². The molecule has 0 bridgehead atoms. The molecule has 0 atom stereocenters. The first-order chi connectivity index (χ1) is 18.4. The molecular formula is C29H26BrCl2N3O3. The molecule has 9 heteroatoms. The lowest BCUT2D eigenvalue weighted by atomic mass is 10.1. The van der Waals surface area contributed by atoms with Crippen LogP contribution < -0.4 is 14.4 Å². The molecule has 1 saturated heterocycles. The standard InChI is InChI=1S/C29H26BrCl2N3O3/c1-2-37-27-16-21(24(30)17-28(27)38-19-20-8-9-25(31)26(32)14-20)15-22(18-33)29(36)35-12-10-34(11-13-35)23-6-4-3-5-7-23/h3-9,14-17H,2,10-13,19H2,1H3/b22-15-. The van der Waals surface area contributed by atoms with Gasteiger partial charge in [0.25, 0.3) is 5.91 Å². The zero-order chi connectivity index (χ0) is 27.1. The van der Waals surface area contributed by atoms with E-state index in [1.165, 1.54) is 0 Å². The van der Waals surface area contributed by atoms with Crippen molar-refractivity contribution in [3.63, 3.8) is 0 Å². The first kappa shape index (κ1) is 27.8. The summed E-state index contributed by atoms with van der Waals surface area (Å²) >= 11 is 15.7. The highest BCUT2D eigenvalue weighted by Gasteiger charge is 2.24. The van der Waals surface area contributed by atoms with Crippen molar-refractivity contribution < 1.29 is 14.3 Å². The van der Waals surface area contributed by atoms with Gasteiger partial charge in [0.15, 0.2) is 11.5 Å². The minimum Gasteiger partial charge on any atom is -0.490 e. The first-order valence-electron chi connectivity index (χ1n) is 12.1. The largest absolute Gasteiger partial charge is 0.490 e. The van der Waals surface area contributed by atoms with Crippen molar-refractivity contribution in [1.29, 1.82) is 5.26 Å². The molecule has 6 nitrogen and oxygen atoms in total. The third-order valence-electron chi connectivity index (χ3n) is 6.08. The molecule has 3 aromatic carbocycles. The molecule has 1 heterocycles. The number of piperazine rings is 1.